The third kappa shape index (κ3) is 4.60. The van der Waals surface area contributed by atoms with E-state index in [2.05, 4.69) is 20.4 Å². The first-order valence-electron chi connectivity index (χ1n) is 9.19. The third-order valence-electron chi connectivity index (χ3n) is 4.68. The highest BCUT2D eigenvalue weighted by Crippen LogP contribution is 2.20. The molecular weight excluding hydrogens is 340 g/mol. The fraction of sp³-hybridized carbons (Fsp3) is 0.286. The van der Waals surface area contributed by atoms with Crippen molar-refractivity contribution in [3.8, 4) is 11.3 Å². The minimum atomic E-state index is 0.129. The van der Waals surface area contributed by atoms with Crippen molar-refractivity contribution in [3.05, 3.63) is 72.2 Å². The van der Waals surface area contributed by atoms with Crippen LogP contribution in [0.2, 0.25) is 0 Å². The molecule has 0 saturated carbocycles. The van der Waals surface area contributed by atoms with Crippen molar-refractivity contribution < 1.29 is 9.32 Å². The van der Waals surface area contributed by atoms with E-state index < -0.39 is 0 Å². The summed E-state index contributed by atoms with van der Waals surface area (Å²) in [4.78, 5) is 18.2. The van der Waals surface area contributed by atoms with Gasteiger partial charge in [0.1, 0.15) is 5.69 Å². The van der Waals surface area contributed by atoms with Gasteiger partial charge < -0.3 is 9.84 Å². The molecule has 1 fully saturated rings. The van der Waals surface area contributed by atoms with E-state index in [1.807, 2.05) is 54.6 Å². The minimum absolute atomic E-state index is 0.129. The molecule has 1 unspecified atom stereocenters. The molecule has 1 amide bonds. The highest BCUT2D eigenvalue weighted by Gasteiger charge is 2.24. The summed E-state index contributed by atoms with van der Waals surface area (Å²) < 4.78 is 5.57. The molecule has 1 aromatic carbocycles. The van der Waals surface area contributed by atoms with Crippen LogP contribution in [0.5, 0.6) is 0 Å². The zero-order chi connectivity index (χ0) is 18.5. The number of hydrogen-bond donors (Lipinski definition) is 1. The van der Waals surface area contributed by atoms with E-state index in [4.69, 9.17) is 4.52 Å². The Bertz CT molecular complexity index is 879. The van der Waals surface area contributed by atoms with Gasteiger partial charge in [0.05, 0.1) is 12.2 Å². The van der Waals surface area contributed by atoms with Crippen molar-refractivity contribution >= 4 is 5.91 Å². The number of hydrogen-bond acceptors (Lipinski definition) is 5. The van der Waals surface area contributed by atoms with E-state index >= 15 is 0 Å². The number of rotatable bonds is 7. The summed E-state index contributed by atoms with van der Waals surface area (Å²) in [6.45, 7) is 2.06. The van der Waals surface area contributed by atoms with E-state index in [0.717, 1.165) is 35.7 Å². The predicted molar refractivity (Wildman–Crippen MR) is 101 cm³/mol. The lowest BCUT2D eigenvalue weighted by atomic mass is 10.1. The summed E-state index contributed by atoms with van der Waals surface area (Å²) in [6.07, 6.45) is 3.26. The lowest BCUT2D eigenvalue weighted by Crippen LogP contribution is -2.38. The van der Waals surface area contributed by atoms with Crippen LogP contribution in [0.25, 0.3) is 11.3 Å². The van der Waals surface area contributed by atoms with Crippen LogP contribution in [0, 0.1) is 0 Å². The first kappa shape index (κ1) is 17.4. The number of nitrogens with one attached hydrogen (secondary N) is 1. The van der Waals surface area contributed by atoms with Crippen LogP contribution in [0.1, 0.15) is 24.3 Å². The van der Waals surface area contributed by atoms with E-state index in [0.29, 0.717) is 19.5 Å². The Morgan fingerprint density at radius 3 is 2.70 bits per heavy atom. The minimum Gasteiger partial charge on any atom is -0.359 e. The van der Waals surface area contributed by atoms with Gasteiger partial charge in [-0.25, -0.2) is 0 Å². The van der Waals surface area contributed by atoms with Crippen LogP contribution in [0.4, 0.5) is 0 Å². The summed E-state index contributed by atoms with van der Waals surface area (Å²) in [5, 5.41) is 7.24. The topological polar surface area (TPSA) is 71.3 Å². The monoisotopic (exact) mass is 362 g/mol. The van der Waals surface area contributed by atoms with Gasteiger partial charge in [0.15, 0.2) is 5.76 Å². The number of carbonyl (C=O) groups excluding carboxylic acids is 1. The maximum absolute atomic E-state index is 11.5. The molecule has 0 spiro atoms. The Hall–Kier alpha value is -2.99. The van der Waals surface area contributed by atoms with Crippen LogP contribution >= 0.6 is 0 Å². The number of carbonyl (C=O) groups is 1. The van der Waals surface area contributed by atoms with E-state index in [1.54, 1.807) is 6.20 Å². The molecule has 0 aliphatic carbocycles. The van der Waals surface area contributed by atoms with Gasteiger partial charge in [-0.1, -0.05) is 41.6 Å². The smallest absolute Gasteiger partial charge is 0.220 e. The molecule has 4 rings (SSSR count). The molecular formula is C21H22N4O2. The molecule has 138 valence electrons. The largest absolute Gasteiger partial charge is 0.359 e. The maximum Gasteiger partial charge on any atom is 0.220 e. The van der Waals surface area contributed by atoms with Crippen molar-refractivity contribution in [2.75, 3.05) is 6.54 Å². The van der Waals surface area contributed by atoms with Gasteiger partial charge in [-0.2, -0.15) is 0 Å². The van der Waals surface area contributed by atoms with Gasteiger partial charge in [-0.05, 0) is 18.6 Å². The summed E-state index contributed by atoms with van der Waals surface area (Å²) in [5.41, 5.74) is 2.86. The van der Waals surface area contributed by atoms with Crippen molar-refractivity contribution in [2.45, 2.75) is 32.0 Å². The van der Waals surface area contributed by atoms with Gasteiger partial charge in [-0.15, -0.1) is 0 Å². The Kier molecular flexibility index (Phi) is 5.25. The molecule has 3 heterocycles. The molecule has 1 aliphatic heterocycles. The summed E-state index contributed by atoms with van der Waals surface area (Å²) in [6, 6.07) is 18.0. The van der Waals surface area contributed by atoms with Gasteiger partial charge in [0.25, 0.3) is 0 Å². The molecule has 1 aliphatic rings. The van der Waals surface area contributed by atoms with Crippen molar-refractivity contribution in [2.24, 2.45) is 0 Å². The van der Waals surface area contributed by atoms with Gasteiger partial charge in [-0.3, -0.25) is 14.7 Å². The van der Waals surface area contributed by atoms with Crippen molar-refractivity contribution in [1.29, 1.82) is 0 Å². The number of benzene rings is 1. The molecule has 1 saturated heterocycles. The lowest BCUT2D eigenvalue weighted by molar-refractivity contribution is -0.119. The maximum atomic E-state index is 11.5. The average Bonchev–Trinajstić information content (AvgIpc) is 3.32. The third-order valence-corrected chi connectivity index (χ3v) is 4.68. The second kappa shape index (κ2) is 8.14. The van der Waals surface area contributed by atoms with Gasteiger partial charge in [0, 0.05) is 43.4 Å². The number of nitrogens with zero attached hydrogens (tertiary/aromatic N) is 3. The number of pyridine rings is 1. The SMILES string of the molecule is O=C1CCC(CN(Cc2ccccn2)Cc2cc(-c3ccccc3)no2)N1. The average molecular weight is 362 g/mol. The van der Waals surface area contributed by atoms with Crippen LogP contribution in [0.15, 0.2) is 65.3 Å². The van der Waals surface area contributed by atoms with Crippen molar-refractivity contribution in [1.82, 2.24) is 20.4 Å². The Morgan fingerprint density at radius 1 is 1.11 bits per heavy atom. The highest BCUT2D eigenvalue weighted by molar-refractivity contribution is 5.78. The van der Waals surface area contributed by atoms with Crippen molar-refractivity contribution in [3.63, 3.8) is 0 Å². The molecule has 3 aromatic rings. The quantitative estimate of drug-likeness (QED) is 0.699. The lowest BCUT2D eigenvalue weighted by Gasteiger charge is -2.24. The first-order chi connectivity index (χ1) is 13.3. The normalized spacial score (nSPS) is 16.6. The summed E-state index contributed by atoms with van der Waals surface area (Å²) in [5.74, 6) is 0.929. The van der Waals surface area contributed by atoms with E-state index in [9.17, 15) is 4.79 Å². The Balaban J connectivity index is 1.48. The second-order valence-corrected chi connectivity index (χ2v) is 6.84. The standard InChI is InChI=1S/C21H22N4O2/c26-21-10-9-18(23-21)14-25(13-17-8-4-5-11-22-17)15-19-12-20(24-27-19)16-6-2-1-3-7-16/h1-8,11-12,18H,9-10,13-15H2,(H,23,26). The molecule has 1 atom stereocenters. The van der Waals surface area contributed by atoms with Crippen LogP contribution in [-0.2, 0) is 17.9 Å². The fourth-order valence-electron chi connectivity index (χ4n) is 3.38. The van der Waals surface area contributed by atoms with Gasteiger partial charge >= 0.3 is 0 Å². The number of amides is 1. The van der Waals surface area contributed by atoms with Crippen LogP contribution < -0.4 is 5.32 Å². The zero-order valence-electron chi connectivity index (χ0n) is 15.0. The second-order valence-electron chi connectivity index (χ2n) is 6.84. The van der Waals surface area contributed by atoms with Crippen LogP contribution in [-0.4, -0.2) is 33.5 Å². The molecule has 6 nitrogen and oxygen atoms in total. The van der Waals surface area contributed by atoms with Crippen LogP contribution in [0.3, 0.4) is 0 Å². The first-order valence-corrected chi connectivity index (χ1v) is 9.19. The summed E-state index contributed by atoms with van der Waals surface area (Å²) >= 11 is 0. The number of aromatic nitrogens is 2. The molecule has 2 aromatic heterocycles. The molecule has 0 bridgehead atoms. The van der Waals surface area contributed by atoms with Gasteiger partial charge in [0.2, 0.25) is 5.91 Å². The summed E-state index contributed by atoms with van der Waals surface area (Å²) in [7, 11) is 0. The molecule has 0 radical (unpaired) electrons. The Labute approximate surface area is 158 Å². The molecule has 1 N–H and O–H groups in total. The zero-order valence-corrected chi connectivity index (χ0v) is 15.0. The molecule has 6 heteroatoms. The van der Waals surface area contributed by atoms with E-state index in [-0.39, 0.29) is 11.9 Å². The van der Waals surface area contributed by atoms with E-state index in [1.165, 1.54) is 0 Å². The predicted octanol–water partition coefficient (Wildman–Crippen LogP) is 3.02. The fourth-order valence-corrected chi connectivity index (χ4v) is 3.38. The highest BCUT2D eigenvalue weighted by atomic mass is 16.5. The Morgan fingerprint density at radius 2 is 1.96 bits per heavy atom. The molecule has 27 heavy (non-hydrogen) atoms.